The molecule has 0 spiro atoms. The Bertz CT molecular complexity index is 257. The highest BCUT2D eigenvalue weighted by atomic mass is 35.5. The zero-order valence-electron chi connectivity index (χ0n) is 7.42. The molecule has 12 heavy (non-hydrogen) atoms. The summed E-state index contributed by atoms with van der Waals surface area (Å²) in [4.78, 5) is 0. The average molecular weight is 188 g/mol. The third kappa shape index (κ3) is 1.62. The number of halogens is 1. The summed E-state index contributed by atoms with van der Waals surface area (Å²) in [6.45, 7) is 4.87. The van der Waals surface area contributed by atoms with Crippen LogP contribution in [0.4, 0.5) is 0 Å². The van der Waals surface area contributed by atoms with Gasteiger partial charge >= 0.3 is 0 Å². The number of hydrogen-bond donors (Lipinski definition) is 1. The van der Waals surface area contributed by atoms with Crippen molar-refractivity contribution in [3.63, 3.8) is 0 Å². The first-order valence-corrected chi connectivity index (χ1v) is 4.55. The molecule has 0 aliphatic carbocycles. The smallest absolute Gasteiger partial charge is 0.0834 e. The predicted molar refractivity (Wildman–Crippen MR) is 50.1 cm³/mol. The predicted octanol–water partition coefficient (Wildman–Crippen LogP) is 1.97. The van der Waals surface area contributed by atoms with Crippen molar-refractivity contribution in [2.45, 2.75) is 32.9 Å². The third-order valence-electron chi connectivity index (χ3n) is 1.92. The Kier molecular flexibility index (Phi) is 3.12. The van der Waals surface area contributed by atoms with Gasteiger partial charge in [0, 0.05) is 12.6 Å². The van der Waals surface area contributed by atoms with Crippen LogP contribution in [-0.2, 0) is 6.54 Å². The number of aromatic nitrogens is 2. The molecule has 4 heteroatoms. The molecule has 1 aromatic heterocycles. The van der Waals surface area contributed by atoms with Crippen molar-refractivity contribution in [2.24, 2.45) is 5.73 Å². The fourth-order valence-electron chi connectivity index (χ4n) is 1.19. The van der Waals surface area contributed by atoms with E-state index in [-0.39, 0.29) is 6.04 Å². The highest BCUT2D eigenvalue weighted by Crippen LogP contribution is 2.22. The van der Waals surface area contributed by atoms with Gasteiger partial charge in [-0.1, -0.05) is 18.5 Å². The molecule has 0 aromatic carbocycles. The monoisotopic (exact) mass is 187 g/mol. The SMILES string of the molecule is CCC(N)c1c(Cl)cnn1CC. The normalized spacial score (nSPS) is 13.3. The van der Waals surface area contributed by atoms with E-state index in [9.17, 15) is 0 Å². The molecule has 0 saturated heterocycles. The van der Waals surface area contributed by atoms with Crippen LogP contribution in [0.2, 0.25) is 5.02 Å². The number of rotatable bonds is 3. The lowest BCUT2D eigenvalue weighted by Crippen LogP contribution is -2.15. The van der Waals surface area contributed by atoms with E-state index in [0.717, 1.165) is 18.7 Å². The van der Waals surface area contributed by atoms with E-state index in [0.29, 0.717) is 5.02 Å². The van der Waals surface area contributed by atoms with Crippen molar-refractivity contribution in [2.75, 3.05) is 0 Å². The maximum atomic E-state index is 5.93. The van der Waals surface area contributed by atoms with Crippen LogP contribution in [0.3, 0.4) is 0 Å². The fourth-order valence-corrected chi connectivity index (χ4v) is 1.47. The van der Waals surface area contributed by atoms with Crippen LogP contribution in [0.25, 0.3) is 0 Å². The van der Waals surface area contributed by atoms with Gasteiger partial charge in [0.2, 0.25) is 0 Å². The van der Waals surface area contributed by atoms with Crippen LogP contribution >= 0.6 is 11.6 Å². The molecule has 0 radical (unpaired) electrons. The Morgan fingerprint density at radius 1 is 1.67 bits per heavy atom. The summed E-state index contributed by atoms with van der Waals surface area (Å²) in [5.74, 6) is 0. The van der Waals surface area contributed by atoms with Gasteiger partial charge in [0.15, 0.2) is 0 Å². The summed E-state index contributed by atoms with van der Waals surface area (Å²) in [5, 5.41) is 4.78. The van der Waals surface area contributed by atoms with E-state index in [4.69, 9.17) is 17.3 Å². The standard InChI is InChI=1S/C8H14ClN3/c1-3-7(10)8-6(9)5-11-12(8)4-2/h5,7H,3-4,10H2,1-2H3. The van der Waals surface area contributed by atoms with Gasteiger partial charge in [-0.05, 0) is 13.3 Å². The third-order valence-corrected chi connectivity index (χ3v) is 2.22. The van der Waals surface area contributed by atoms with Crippen LogP contribution in [0.5, 0.6) is 0 Å². The molecule has 68 valence electrons. The molecule has 0 fully saturated rings. The van der Waals surface area contributed by atoms with Crippen LogP contribution in [0, 0.1) is 0 Å². The average Bonchev–Trinajstić information content (AvgIpc) is 2.45. The van der Waals surface area contributed by atoms with E-state index in [1.165, 1.54) is 0 Å². The van der Waals surface area contributed by atoms with Crippen LogP contribution in [0.1, 0.15) is 32.0 Å². The Labute approximate surface area is 77.5 Å². The second-order valence-electron chi connectivity index (χ2n) is 2.71. The quantitative estimate of drug-likeness (QED) is 0.787. The van der Waals surface area contributed by atoms with Crippen molar-refractivity contribution in [3.05, 3.63) is 16.9 Å². The molecule has 0 aliphatic heterocycles. The second kappa shape index (κ2) is 3.92. The Hall–Kier alpha value is -0.540. The number of aryl methyl sites for hydroxylation is 1. The van der Waals surface area contributed by atoms with Crippen molar-refractivity contribution in [1.29, 1.82) is 0 Å². The van der Waals surface area contributed by atoms with Gasteiger partial charge in [-0.3, -0.25) is 4.68 Å². The number of nitrogens with two attached hydrogens (primary N) is 1. The van der Waals surface area contributed by atoms with Crippen molar-refractivity contribution in [3.8, 4) is 0 Å². The molecule has 0 saturated carbocycles. The highest BCUT2D eigenvalue weighted by molar-refractivity contribution is 6.31. The largest absolute Gasteiger partial charge is 0.323 e. The first-order chi connectivity index (χ1) is 5.70. The molecule has 0 aliphatic rings. The maximum absolute atomic E-state index is 5.93. The van der Waals surface area contributed by atoms with Crippen molar-refractivity contribution < 1.29 is 0 Å². The molecule has 1 unspecified atom stereocenters. The lowest BCUT2D eigenvalue weighted by atomic mass is 10.2. The summed E-state index contributed by atoms with van der Waals surface area (Å²) in [6.07, 6.45) is 2.53. The van der Waals surface area contributed by atoms with Gasteiger partial charge in [-0.2, -0.15) is 5.10 Å². The molecule has 3 nitrogen and oxygen atoms in total. The van der Waals surface area contributed by atoms with Crippen molar-refractivity contribution >= 4 is 11.6 Å². The molecule has 0 amide bonds. The Balaban J connectivity index is 3.01. The summed E-state index contributed by atoms with van der Waals surface area (Å²) in [7, 11) is 0. The second-order valence-corrected chi connectivity index (χ2v) is 3.12. The summed E-state index contributed by atoms with van der Waals surface area (Å²) in [6, 6.07) is -0.0000463. The Morgan fingerprint density at radius 2 is 2.33 bits per heavy atom. The van der Waals surface area contributed by atoms with Gasteiger partial charge in [0.25, 0.3) is 0 Å². The molecule has 2 N–H and O–H groups in total. The number of hydrogen-bond acceptors (Lipinski definition) is 2. The minimum absolute atomic E-state index is 0.0000463. The van der Waals surface area contributed by atoms with E-state index in [1.54, 1.807) is 6.20 Å². The molecule has 1 heterocycles. The molecule has 1 atom stereocenters. The van der Waals surface area contributed by atoms with E-state index >= 15 is 0 Å². The lowest BCUT2D eigenvalue weighted by Gasteiger charge is -2.11. The van der Waals surface area contributed by atoms with Gasteiger partial charge < -0.3 is 5.73 Å². The van der Waals surface area contributed by atoms with E-state index < -0.39 is 0 Å². The van der Waals surface area contributed by atoms with Crippen LogP contribution < -0.4 is 5.73 Å². The zero-order valence-corrected chi connectivity index (χ0v) is 8.17. The molecular formula is C8H14ClN3. The zero-order chi connectivity index (χ0) is 9.14. The summed E-state index contributed by atoms with van der Waals surface area (Å²) in [5.41, 5.74) is 6.82. The Morgan fingerprint density at radius 3 is 2.83 bits per heavy atom. The lowest BCUT2D eigenvalue weighted by molar-refractivity contribution is 0.562. The minimum Gasteiger partial charge on any atom is -0.323 e. The van der Waals surface area contributed by atoms with Crippen LogP contribution in [0.15, 0.2) is 6.20 Å². The van der Waals surface area contributed by atoms with Gasteiger partial charge in [0.1, 0.15) is 0 Å². The van der Waals surface area contributed by atoms with Gasteiger partial charge in [0.05, 0.1) is 16.9 Å². The highest BCUT2D eigenvalue weighted by Gasteiger charge is 2.13. The molecule has 1 aromatic rings. The first kappa shape index (κ1) is 9.55. The molecule has 1 rings (SSSR count). The molecule has 0 bridgehead atoms. The summed E-state index contributed by atoms with van der Waals surface area (Å²) >= 11 is 5.93. The molecular weight excluding hydrogens is 174 g/mol. The number of nitrogens with zero attached hydrogens (tertiary/aromatic N) is 2. The van der Waals surface area contributed by atoms with Crippen molar-refractivity contribution in [1.82, 2.24) is 9.78 Å². The summed E-state index contributed by atoms with van der Waals surface area (Å²) < 4.78 is 1.84. The van der Waals surface area contributed by atoms with Gasteiger partial charge in [-0.25, -0.2) is 0 Å². The van der Waals surface area contributed by atoms with Crippen LogP contribution in [-0.4, -0.2) is 9.78 Å². The van der Waals surface area contributed by atoms with E-state index in [1.807, 2.05) is 18.5 Å². The van der Waals surface area contributed by atoms with Gasteiger partial charge in [-0.15, -0.1) is 0 Å². The van der Waals surface area contributed by atoms with E-state index in [2.05, 4.69) is 5.10 Å². The topological polar surface area (TPSA) is 43.8 Å². The maximum Gasteiger partial charge on any atom is 0.0834 e. The first-order valence-electron chi connectivity index (χ1n) is 4.17. The fraction of sp³-hybridized carbons (Fsp3) is 0.625. The minimum atomic E-state index is -0.0000463.